The highest BCUT2D eigenvalue weighted by atomic mass is 16.5. The molecule has 2 atom stereocenters. The van der Waals surface area contributed by atoms with Crippen molar-refractivity contribution in [2.45, 2.75) is 51.0 Å². The average molecular weight is 403 g/mol. The van der Waals surface area contributed by atoms with Crippen molar-refractivity contribution in [1.29, 1.82) is 0 Å². The maximum atomic E-state index is 13.4. The zero-order chi connectivity index (χ0) is 20.9. The minimum Gasteiger partial charge on any atom is -0.619 e. The van der Waals surface area contributed by atoms with Gasteiger partial charge in [-0.3, -0.25) is 4.79 Å². The fourth-order valence-corrected chi connectivity index (χ4v) is 5.05. The molecule has 2 aliphatic rings. The molecule has 7 heteroatoms. The highest BCUT2D eigenvalue weighted by molar-refractivity contribution is 5.95. The third-order valence-electron chi connectivity index (χ3n) is 6.52. The van der Waals surface area contributed by atoms with Gasteiger partial charge in [-0.05, 0) is 44.6 Å². The minimum atomic E-state index is -0.535. The van der Waals surface area contributed by atoms with Gasteiger partial charge >= 0.3 is 0 Å². The molecule has 1 fully saturated rings. The topological polar surface area (TPSA) is 86.8 Å². The van der Waals surface area contributed by atoms with Crippen molar-refractivity contribution in [2.24, 2.45) is 5.92 Å². The van der Waals surface area contributed by atoms with Crippen LogP contribution in [-0.2, 0) is 12.0 Å². The van der Waals surface area contributed by atoms with Crippen molar-refractivity contribution in [1.82, 2.24) is 20.1 Å². The Morgan fingerprint density at radius 1 is 1.27 bits per heavy atom. The molecule has 2 aromatic heterocycles. The van der Waals surface area contributed by atoms with E-state index in [0.717, 1.165) is 34.4 Å². The summed E-state index contributed by atoms with van der Waals surface area (Å²) in [5, 5.41) is 19.7. The van der Waals surface area contributed by atoms with Crippen molar-refractivity contribution in [3.63, 3.8) is 0 Å². The SMILES string of the molecule is CC(C)(NC(=O)c1nn(-c2c[n+]([O-])ccn2)c2c1C[C@H]1CCC[C@@H]21)c1ccccc1. The number of amides is 1. The predicted octanol–water partition coefficient (Wildman–Crippen LogP) is 3.01. The molecule has 0 bridgehead atoms. The Hall–Kier alpha value is -3.22. The van der Waals surface area contributed by atoms with Crippen LogP contribution >= 0.6 is 0 Å². The van der Waals surface area contributed by atoms with Crippen molar-refractivity contribution >= 4 is 5.91 Å². The smallest absolute Gasteiger partial charge is 0.272 e. The van der Waals surface area contributed by atoms with E-state index in [-0.39, 0.29) is 5.91 Å². The molecule has 0 saturated heterocycles. The largest absolute Gasteiger partial charge is 0.619 e. The van der Waals surface area contributed by atoms with Crippen LogP contribution in [0, 0.1) is 11.1 Å². The lowest BCUT2D eigenvalue weighted by Gasteiger charge is -2.26. The van der Waals surface area contributed by atoms with E-state index in [9.17, 15) is 10.0 Å². The standard InChI is InChI=1S/C23H25N5O2/c1-23(2,16-8-4-3-5-9-16)25-22(29)20-18-13-15-7-6-10-17(15)21(18)28(26-20)19-14-27(30)12-11-24-19/h3-5,8-9,11-12,14-15,17H,6-7,10,13H2,1-2H3,(H,25,29)/t15-,17-/m1/s1. The Balaban J connectivity index is 1.55. The number of hydrogen-bond donors (Lipinski definition) is 1. The van der Waals surface area contributed by atoms with Crippen molar-refractivity contribution in [3.8, 4) is 5.82 Å². The van der Waals surface area contributed by atoms with Gasteiger partial charge in [-0.15, -0.1) is 0 Å². The lowest BCUT2D eigenvalue weighted by molar-refractivity contribution is -0.605. The van der Waals surface area contributed by atoms with Gasteiger partial charge < -0.3 is 10.5 Å². The number of hydrogen-bond acceptors (Lipinski definition) is 4. The fraction of sp³-hybridized carbons (Fsp3) is 0.391. The fourth-order valence-electron chi connectivity index (χ4n) is 5.05. The van der Waals surface area contributed by atoms with E-state index in [1.807, 2.05) is 44.2 Å². The Morgan fingerprint density at radius 3 is 2.83 bits per heavy atom. The zero-order valence-electron chi connectivity index (χ0n) is 17.2. The van der Waals surface area contributed by atoms with Crippen LogP contribution in [0.25, 0.3) is 5.82 Å². The first kappa shape index (κ1) is 18.8. The van der Waals surface area contributed by atoms with Crippen LogP contribution in [0.15, 0.2) is 48.9 Å². The molecule has 30 heavy (non-hydrogen) atoms. The summed E-state index contributed by atoms with van der Waals surface area (Å²) in [6.07, 6.45) is 8.53. The first-order valence-corrected chi connectivity index (χ1v) is 10.5. The summed E-state index contributed by atoms with van der Waals surface area (Å²) < 4.78 is 2.44. The quantitative estimate of drug-likeness (QED) is 0.536. The van der Waals surface area contributed by atoms with Crippen molar-refractivity contribution in [3.05, 3.63) is 76.6 Å². The number of nitrogens with zero attached hydrogens (tertiary/aromatic N) is 4. The Morgan fingerprint density at radius 2 is 2.07 bits per heavy atom. The predicted molar refractivity (Wildman–Crippen MR) is 111 cm³/mol. The molecule has 0 aliphatic heterocycles. The number of fused-ring (bicyclic) bond motifs is 3. The highest BCUT2D eigenvalue weighted by Gasteiger charge is 2.43. The van der Waals surface area contributed by atoms with Gasteiger partial charge in [-0.1, -0.05) is 36.8 Å². The van der Waals surface area contributed by atoms with E-state index in [1.165, 1.54) is 31.4 Å². The van der Waals surface area contributed by atoms with Gasteiger partial charge in [-0.2, -0.15) is 9.83 Å². The van der Waals surface area contributed by atoms with E-state index in [2.05, 4.69) is 15.4 Å². The van der Waals surface area contributed by atoms with E-state index in [4.69, 9.17) is 0 Å². The molecule has 154 valence electrons. The summed E-state index contributed by atoms with van der Waals surface area (Å²) in [6.45, 7) is 3.98. The second-order valence-corrected chi connectivity index (χ2v) is 8.85. The summed E-state index contributed by atoms with van der Waals surface area (Å²) in [6, 6.07) is 9.92. The summed E-state index contributed by atoms with van der Waals surface area (Å²) in [5.41, 5.74) is 3.01. The number of benzene rings is 1. The third kappa shape index (κ3) is 3.05. The minimum absolute atomic E-state index is 0.190. The van der Waals surface area contributed by atoms with Gasteiger partial charge in [0.15, 0.2) is 11.9 Å². The van der Waals surface area contributed by atoms with E-state index < -0.39 is 5.54 Å². The third-order valence-corrected chi connectivity index (χ3v) is 6.52. The molecule has 2 heterocycles. The number of nitrogens with one attached hydrogen (secondary N) is 1. The highest BCUT2D eigenvalue weighted by Crippen LogP contribution is 2.49. The molecular weight excluding hydrogens is 378 g/mol. The number of aromatic nitrogens is 4. The van der Waals surface area contributed by atoms with Crippen LogP contribution in [0.2, 0.25) is 0 Å². The Labute approximate surface area is 175 Å². The summed E-state index contributed by atoms with van der Waals surface area (Å²) in [7, 11) is 0. The van der Waals surface area contributed by atoms with Gasteiger partial charge in [-0.25, -0.2) is 9.67 Å². The van der Waals surface area contributed by atoms with Crippen molar-refractivity contribution in [2.75, 3.05) is 0 Å². The molecule has 1 amide bonds. The van der Waals surface area contributed by atoms with Crippen LogP contribution in [0.4, 0.5) is 0 Å². The lowest BCUT2D eigenvalue weighted by atomic mass is 9.94. The molecule has 3 aromatic rings. The molecule has 1 N–H and O–H groups in total. The number of carbonyl (C=O) groups excluding carboxylic acids is 1. The number of rotatable bonds is 4. The lowest BCUT2D eigenvalue weighted by Crippen LogP contribution is -2.41. The maximum Gasteiger partial charge on any atom is 0.272 e. The molecule has 5 rings (SSSR count). The Bertz CT molecular complexity index is 1110. The normalized spacial score (nSPS) is 20.1. The Kier molecular flexibility index (Phi) is 4.34. The first-order valence-electron chi connectivity index (χ1n) is 10.5. The molecule has 1 saturated carbocycles. The zero-order valence-corrected chi connectivity index (χ0v) is 17.2. The van der Waals surface area contributed by atoms with Crippen LogP contribution in [-0.4, -0.2) is 20.7 Å². The van der Waals surface area contributed by atoms with Gasteiger partial charge in [0.05, 0.1) is 17.4 Å². The maximum absolute atomic E-state index is 13.4. The van der Waals surface area contributed by atoms with E-state index >= 15 is 0 Å². The first-order chi connectivity index (χ1) is 14.4. The summed E-state index contributed by atoms with van der Waals surface area (Å²) >= 11 is 0. The van der Waals surface area contributed by atoms with Crippen LogP contribution in [0.5, 0.6) is 0 Å². The van der Waals surface area contributed by atoms with E-state index in [1.54, 1.807) is 4.68 Å². The van der Waals surface area contributed by atoms with E-state index in [0.29, 0.717) is 23.3 Å². The average Bonchev–Trinajstić information content (AvgIpc) is 3.40. The van der Waals surface area contributed by atoms with Crippen LogP contribution in [0.1, 0.15) is 66.3 Å². The molecule has 0 radical (unpaired) electrons. The molecule has 0 unspecified atom stereocenters. The van der Waals surface area contributed by atoms with Gasteiger partial charge in [0, 0.05) is 11.5 Å². The number of carbonyl (C=O) groups is 1. The second kappa shape index (κ2) is 6.93. The van der Waals surface area contributed by atoms with Gasteiger partial charge in [0.25, 0.3) is 5.91 Å². The molecule has 7 nitrogen and oxygen atoms in total. The van der Waals surface area contributed by atoms with Gasteiger partial charge in [0.1, 0.15) is 0 Å². The van der Waals surface area contributed by atoms with Crippen molar-refractivity contribution < 1.29 is 9.52 Å². The molecule has 0 spiro atoms. The molecular formula is C23H25N5O2. The monoisotopic (exact) mass is 403 g/mol. The van der Waals surface area contributed by atoms with Gasteiger partial charge in [0.2, 0.25) is 12.0 Å². The van der Waals surface area contributed by atoms with Crippen LogP contribution < -0.4 is 10.0 Å². The summed E-state index contributed by atoms with van der Waals surface area (Å²) in [5.74, 6) is 1.18. The molecule has 1 aromatic carbocycles. The second-order valence-electron chi connectivity index (χ2n) is 8.85. The van der Waals surface area contributed by atoms with Crippen LogP contribution in [0.3, 0.4) is 0 Å². The summed E-state index contributed by atoms with van der Waals surface area (Å²) in [4.78, 5) is 17.7. The molecule has 2 aliphatic carbocycles.